The molecule has 2 heterocycles. The van der Waals surface area contributed by atoms with Crippen LogP contribution in [0.1, 0.15) is 31.7 Å². The van der Waals surface area contributed by atoms with Crippen molar-refractivity contribution in [3.63, 3.8) is 0 Å². The average molecular weight is 410 g/mol. The fraction of sp³-hybridized carbons (Fsp3) is 0.391. The van der Waals surface area contributed by atoms with Gasteiger partial charge in [0.05, 0.1) is 10.2 Å². The molecule has 1 fully saturated rings. The number of likely N-dealkylation sites (tertiary alicyclic amines) is 1. The van der Waals surface area contributed by atoms with E-state index in [1.807, 2.05) is 37.3 Å². The smallest absolute Gasteiger partial charge is 0.279 e. The summed E-state index contributed by atoms with van der Waals surface area (Å²) in [5, 5.41) is 3.79. The number of para-hydroxylation sites is 1. The highest BCUT2D eigenvalue weighted by Gasteiger charge is 2.19. The molecule has 1 amide bonds. The molecule has 1 aromatic heterocycles. The first-order valence-electron chi connectivity index (χ1n) is 10.3. The number of hydrogen-bond acceptors (Lipinski definition) is 5. The standard InChI is InChI=1S/C23H27N3O2S/c1-2-22(27)24-18-12-15-26(16-13-18)14-11-17-7-9-19(10-8-17)28-23-25-20-5-3-4-6-21(20)29-23/h3-10,18H,2,11-16H2,1H3,(H,24,27). The number of fused-ring (bicyclic) bond motifs is 1. The topological polar surface area (TPSA) is 54.5 Å². The van der Waals surface area contributed by atoms with Gasteiger partial charge in [0.15, 0.2) is 0 Å². The van der Waals surface area contributed by atoms with Gasteiger partial charge in [-0.15, -0.1) is 0 Å². The van der Waals surface area contributed by atoms with E-state index >= 15 is 0 Å². The number of carbonyl (C=O) groups is 1. The molecule has 1 aliphatic heterocycles. The number of amides is 1. The molecule has 0 aliphatic carbocycles. The van der Waals surface area contributed by atoms with Crippen LogP contribution in [-0.2, 0) is 11.2 Å². The molecule has 0 bridgehead atoms. The van der Waals surface area contributed by atoms with Crippen LogP contribution >= 0.6 is 11.3 Å². The number of carbonyl (C=O) groups excluding carboxylic acids is 1. The summed E-state index contributed by atoms with van der Waals surface area (Å²) in [7, 11) is 0. The van der Waals surface area contributed by atoms with Gasteiger partial charge in [0, 0.05) is 32.1 Å². The molecule has 6 heteroatoms. The SMILES string of the molecule is CCC(=O)NC1CCN(CCc2ccc(Oc3nc4ccccc4s3)cc2)CC1. The Morgan fingerprint density at radius 3 is 2.66 bits per heavy atom. The van der Waals surface area contributed by atoms with Gasteiger partial charge in [-0.1, -0.05) is 42.5 Å². The average Bonchev–Trinajstić information content (AvgIpc) is 3.16. The fourth-order valence-corrected chi connectivity index (χ4v) is 4.47. The van der Waals surface area contributed by atoms with Crippen molar-refractivity contribution in [1.82, 2.24) is 15.2 Å². The minimum absolute atomic E-state index is 0.164. The van der Waals surface area contributed by atoms with Crippen LogP contribution in [0.25, 0.3) is 10.2 Å². The van der Waals surface area contributed by atoms with Crippen molar-refractivity contribution in [2.24, 2.45) is 0 Å². The third-order valence-electron chi connectivity index (χ3n) is 5.39. The summed E-state index contributed by atoms with van der Waals surface area (Å²) in [6.45, 7) is 5.05. The predicted octanol–water partition coefficient (Wildman–Crippen LogP) is 4.62. The van der Waals surface area contributed by atoms with Crippen molar-refractivity contribution in [1.29, 1.82) is 0 Å². The van der Waals surface area contributed by atoms with Crippen molar-refractivity contribution in [3.8, 4) is 10.9 Å². The summed E-state index contributed by atoms with van der Waals surface area (Å²) < 4.78 is 7.06. The lowest BCUT2D eigenvalue weighted by atomic mass is 10.0. The minimum Gasteiger partial charge on any atom is -0.431 e. The van der Waals surface area contributed by atoms with Crippen molar-refractivity contribution in [2.45, 2.75) is 38.6 Å². The molecule has 0 saturated carbocycles. The first-order valence-corrected chi connectivity index (χ1v) is 11.2. The Hall–Kier alpha value is -2.44. The zero-order chi connectivity index (χ0) is 20.1. The third kappa shape index (κ3) is 5.34. The second kappa shape index (κ2) is 9.37. The Morgan fingerprint density at radius 1 is 1.17 bits per heavy atom. The molecular formula is C23H27N3O2S. The number of piperidine rings is 1. The van der Waals surface area contributed by atoms with Gasteiger partial charge in [-0.05, 0) is 49.1 Å². The van der Waals surface area contributed by atoms with Crippen LogP contribution in [0.15, 0.2) is 48.5 Å². The normalized spacial score (nSPS) is 15.5. The Balaban J connectivity index is 1.24. The summed E-state index contributed by atoms with van der Waals surface area (Å²) >= 11 is 1.56. The number of thiazole rings is 1. The van der Waals surface area contributed by atoms with Crippen LogP contribution in [0.3, 0.4) is 0 Å². The molecule has 152 valence electrons. The Bertz CT molecular complexity index is 913. The minimum atomic E-state index is 0.164. The Morgan fingerprint density at radius 2 is 1.93 bits per heavy atom. The van der Waals surface area contributed by atoms with Gasteiger partial charge < -0.3 is 15.0 Å². The molecule has 1 saturated heterocycles. The third-order valence-corrected chi connectivity index (χ3v) is 6.31. The highest BCUT2D eigenvalue weighted by atomic mass is 32.1. The summed E-state index contributed by atoms with van der Waals surface area (Å²) in [4.78, 5) is 18.5. The van der Waals surface area contributed by atoms with E-state index in [0.717, 1.165) is 54.9 Å². The van der Waals surface area contributed by atoms with Crippen LogP contribution < -0.4 is 10.1 Å². The highest BCUT2D eigenvalue weighted by Crippen LogP contribution is 2.31. The molecule has 1 N–H and O–H groups in total. The van der Waals surface area contributed by atoms with Crippen LogP contribution in [0, 0.1) is 0 Å². The molecule has 1 aliphatic rings. The molecule has 0 radical (unpaired) electrons. The largest absolute Gasteiger partial charge is 0.431 e. The van der Waals surface area contributed by atoms with Gasteiger partial charge in [-0.3, -0.25) is 4.79 Å². The number of hydrogen-bond donors (Lipinski definition) is 1. The van der Waals surface area contributed by atoms with E-state index in [0.29, 0.717) is 17.7 Å². The molecule has 4 rings (SSSR count). The molecule has 0 atom stereocenters. The number of nitrogens with one attached hydrogen (secondary N) is 1. The maximum absolute atomic E-state index is 11.5. The zero-order valence-electron chi connectivity index (χ0n) is 16.8. The second-order valence-electron chi connectivity index (χ2n) is 7.48. The van der Waals surface area contributed by atoms with E-state index in [4.69, 9.17) is 4.74 Å². The Kier molecular flexibility index (Phi) is 6.42. The van der Waals surface area contributed by atoms with Crippen LogP contribution in [0.2, 0.25) is 0 Å². The second-order valence-corrected chi connectivity index (χ2v) is 8.47. The van der Waals surface area contributed by atoms with Gasteiger partial charge in [0.25, 0.3) is 5.19 Å². The van der Waals surface area contributed by atoms with E-state index in [1.54, 1.807) is 11.3 Å². The maximum atomic E-state index is 11.5. The molecule has 5 nitrogen and oxygen atoms in total. The summed E-state index contributed by atoms with van der Waals surface area (Å²) in [6.07, 6.45) is 3.67. The maximum Gasteiger partial charge on any atom is 0.279 e. The number of rotatable bonds is 7. The van der Waals surface area contributed by atoms with Crippen molar-refractivity contribution in [3.05, 3.63) is 54.1 Å². The summed E-state index contributed by atoms with van der Waals surface area (Å²) in [6, 6.07) is 16.7. The van der Waals surface area contributed by atoms with Crippen LogP contribution in [-0.4, -0.2) is 41.5 Å². The van der Waals surface area contributed by atoms with Crippen molar-refractivity contribution >= 4 is 27.5 Å². The lowest BCUT2D eigenvalue weighted by Gasteiger charge is -2.32. The van der Waals surface area contributed by atoms with Gasteiger partial charge in [-0.2, -0.15) is 0 Å². The van der Waals surface area contributed by atoms with Gasteiger partial charge in [0.1, 0.15) is 5.75 Å². The monoisotopic (exact) mass is 409 g/mol. The molecule has 0 spiro atoms. The lowest BCUT2D eigenvalue weighted by Crippen LogP contribution is -2.44. The lowest BCUT2D eigenvalue weighted by molar-refractivity contribution is -0.121. The number of nitrogens with zero attached hydrogens (tertiary/aromatic N) is 2. The zero-order valence-corrected chi connectivity index (χ0v) is 17.6. The number of ether oxygens (including phenoxy) is 1. The Labute approximate surface area is 175 Å². The molecule has 0 unspecified atom stereocenters. The van der Waals surface area contributed by atoms with Crippen LogP contribution in [0.4, 0.5) is 0 Å². The first-order chi connectivity index (χ1) is 14.2. The van der Waals surface area contributed by atoms with E-state index in [-0.39, 0.29) is 5.91 Å². The van der Waals surface area contributed by atoms with Crippen LogP contribution in [0.5, 0.6) is 10.9 Å². The molecule has 3 aromatic rings. The molecule has 2 aromatic carbocycles. The highest BCUT2D eigenvalue weighted by molar-refractivity contribution is 7.20. The predicted molar refractivity (Wildman–Crippen MR) is 118 cm³/mol. The van der Waals surface area contributed by atoms with E-state index in [9.17, 15) is 4.79 Å². The van der Waals surface area contributed by atoms with E-state index in [2.05, 4.69) is 33.4 Å². The molecule has 29 heavy (non-hydrogen) atoms. The van der Waals surface area contributed by atoms with E-state index in [1.165, 1.54) is 5.56 Å². The van der Waals surface area contributed by atoms with Gasteiger partial charge >= 0.3 is 0 Å². The van der Waals surface area contributed by atoms with E-state index < -0.39 is 0 Å². The number of aromatic nitrogens is 1. The quantitative estimate of drug-likeness (QED) is 0.619. The number of benzene rings is 2. The van der Waals surface area contributed by atoms with Gasteiger partial charge in [0.2, 0.25) is 5.91 Å². The van der Waals surface area contributed by atoms with Crippen molar-refractivity contribution in [2.75, 3.05) is 19.6 Å². The van der Waals surface area contributed by atoms with Gasteiger partial charge in [-0.25, -0.2) is 4.98 Å². The summed E-state index contributed by atoms with van der Waals surface area (Å²) in [5.41, 5.74) is 2.28. The van der Waals surface area contributed by atoms with Crippen molar-refractivity contribution < 1.29 is 9.53 Å². The fourth-order valence-electron chi connectivity index (χ4n) is 3.64. The molecular weight excluding hydrogens is 382 g/mol. The summed E-state index contributed by atoms with van der Waals surface area (Å²) in [5.74, 6) is 0.983. The first kappa shape index (κ1) is 19.9.